The number of sulfonamides is 1. The van der Waals surface area contributed by atoms with Crippen LogP contribution in [-0.2, 0) is 32.6 Å². The van der Waals surface area contributed by atoms with Crippen molar-refractivity contribution in [3.05, 3.63) is 99.5 Å². The molecule has 0 unspecified atom stereocenters. The van der Waals surface area contributed by atoms with Crippen LogP contribution in [0.5, 0.6) is 0 Å². The van der Waals surface area contributed by atoms with Crippen LogP contribution >= 0.6 is 27.5 Å². The molecule has 0 spiro atoms. The highest BCUT2D eigenvalue weighted by Gasteiger charge is 2.33. The monoisotopic (exact) mass is 605 g/mol. The Morgan fingerprint density at radius 3 is 2.19 bits per heavy atom. The Morgan fingerprint density at radius 1 is 0.973 bits per heavy atom. The Labute approximate surface area is 231 Å². The van der Waals surface area contributed by atoms with Gasteiger partial charge in [0.05, 0.1) is 11.9 Å². The van der Waals surface area contributed by atoms with Crippen molar-refractivity contribution in [1.29, 1.82) is 0 Å². The number of halogens is 2. The number of nitrogens with one attached hydrogen (secondary N) is 1. The summed E-state index contributed by atoms with van der Waals surface area (Å²) in [4.78, 5) is 28.6. The van der Waals surface area contributed by atoms with Gasteiger partial charge in [0, 0.05) is 29.0 Å². The smallest absolute Gasteiger partial charge is 0.244 e. The number of hydrogen-bond acceptors (Lipinski definition) is 4. The van der Waals surface area contributed by atoms with Crippen molar-refractivity contribution in [1.82, 2.24) is 10.2 Å². The maximum absolute atomic E-state index is 13.9. The molecule has 3 aromatic carbocycles. The quantitative estimate of drug-likeness (QED) is 0.345. The molecule has 0 fully saturated rings. The second kappa shape index (κ2) is 13.1. The van der Waals surface area contributed by atoms with Crippen molar-refractivity contribution < 1.29 is 18.0 Å². The van der Waals surface area contributed by atoms with E-state index in [1.54, 1.807) is 55.5 Å². The molecule has 0 aliphatic carbocycles. The molecule has 10 heteroatoms. The summed E-state index contributed by atoms with van der Waals surface area (Å²) in [6, 6.07) is 22.2. The minimum Gasteiger partial charge on any atom is -0.355 e. The number of likely N-dealkylation sites (N-methyl/N-ethyl adjacent to an activating group) is 1. The van der Waals surface area contributed by atoms with Gasteiger partial charge >= 0.3 is 0 Å². The second-order valence-electron chi connectivity index (χ2n) is 8.46. The Bertz CT molecular complexity index is 1320. The van der Waals surface area contributed by atoms with Gasteiger partial charge in [0.25, 0.3) is 0 Å². The number of rotatable bonds is 11. The molecule has 7 nitrogen and oxygen atoms in total. The summed E-state index contributed by atoms with van der Waals surface area (Å²) in [6.45, 7) is 1.74. The molecule has 196 valence electrons. The van der Waals surface area contributed by atoms with Crippen molar-refractivity contribution in [2.45, 2.75) is 25.9 Å². The van der Waals surface area contributed by atoms with Crippen molar-refractivity contribution in [2.75, 3.05) is 23.7 Å². The molecule has 1 N–H and O–H groups in total. The normalized spacial score (nSPS) is 12.0. The number of anilines is 1. The summed E-state index contributed by atoms with van der Waals surface area (Å²) < 4.78 is 27.3. The van der Waals surface area contributed by atoms with Crippen molar-refractivity contribution in [2.24, 2.45) is 0 Å². The van der Waals surface area contributed by atoms with Crippen molar-refractivity contribution in [3.63, 3.8) is 0 Å². The first kappa shape index (κ1) is 28.7. The standard InChI is InChI=1S/C27H29BrClN3O4S/c1-3-30-27(34)25(17-20-9-5-4-6-10-20)31(18-21-11-7-8-12-24(21)29)26(33)19-32(37(2,35)36)23-15-13-22(28)14-16-23/h4-16,25H,3,17-19H2,1-2H3,(H,30,34)/t25-/m1/s1. The highest BCUT2D eigenvalue weighted by molar-refractivity contribution is 9.10. The van der Waals surface area contributed by atoms with Crippen LogP contribution in [0.15, 0.2) is 83.3 Å². The Hall–Kier alpha value is -2.88. The molecule has 0 saturated carbocycles. The van der Waals surface area contributed by atoms with E-state index >= 15 is 0 Å². The molecule has 3 rings (SSSR count). The highest BCUT2D eigenvalue weighted by atomic mass is 79.9. The van der Waals surface area contributed by atoms with Gasteiger partial charge in [0.1, 0.15) is 12.6 Å². The molecule has 0 aromatic heterocycles. The zero-order valence-corrected chi connectivity index (χ0v) is 23.8. The fraction of sp³-hybridized carbons (Fsp3) is 0.259. The van der Waals surface area contributed by atoms with Crippen LogP contribution in [0.25, 0.3) is 0 Å². The van der Waals surface area contributed by atoms with E-state index in [0.29, 0.717) is 22.8 Å². The fourth-order valence-corrected chi connectivity index (χ4v) is 5.19. The van der Waals surface area contributed by atoms with Gasteiger partial charge in [0.15, 0.2) is 0 Å². The molecule has 2 amide bonds. The van der Waals surface area contributed by atoms with E-state index in [-0.39, 0.29) is 18.9 Å². The van der Waals surface area contributed by atoms with Crippen LogP contribution in [0.4, 0.5) is 5.69 Å². The van der Waals surface area contributed by atoms with Crippen LogP contribution in [0.3, 0.4) is 0 Å². The summed E-state index contributed by atoms with van der Waals surface area (Å²) in [5.74, 6) is -0.859. The lowest BCUT2D eigenvalue weighted by Crippen LogP contribution is -2.53. The molecule has 0 heterocycles. The number of benzene rings is 3. The molecule has 0 aliphatic heterocycles. The van der Waals surface area contributed by atoms with E-state index in [4.69, 9.17) is 11.6 Å². The third-order valence-corrected chi connectivity index (χ3v) is 7.75. The molecular formula is C27H29BrClN3O4S. The van der Waals surface area contributed by atoms with E-state index in [2.05, 4.69) is 21.2 Å². The topological polar surface area (TPSA) is 86.8 Å². The first-order valence-corrected chi connectivity index (χ1v) is 14.7. The van der Waals surface area contributed by atoms with Crippen LogP contribution in [0.1, 0.15) is 18.1 Å². The molecular weight excluding hydrogens is 578 g/mol. The van der Waals surface area contributed by atoms with Crippen molar-refractivity contribution >= 4 is 55.1 Å². The molecule has 0 bridgehead atoms. The zero-order valence-electron chi connectivity index (χ0n) is 20.6. The van der Waals surface area contributed by atoms with Gasteiger partial charge in [-0.2, -0.15) is 0 Å². The third-order valence-electron chi connectivity index (χ3n) is 5.71. The lowest BCUT2D eigenvalue weighted by Gasteiger charge is -2.33. The average molecular weight is 607 g/mol. The van der Waals surface area contributed by atoms with E-state index in [1.807, 2.05) is 30.3 Å². The van der Waals surface area contributed by atoms with E-state index in [0.717, 1.165) is 20.6 Å². The largest absolute Gasteiger partial charge is 0.355 e. The average Bonchev–Trinajstić information content (AvgIpc) is 2.86. The predicted octanol–water partition coefficient (Wildman–Crippen LogP) is 4.64. The van der Waals surface area contributed by atoms with Gasteiger partial charge in [0.2, 0.25) is 21.8 Å². The first-order chi connectivity index (χ1) is 17.6. The van der Waals surface area contributed by atoms with Crippen LogP contribution < -0.4 is 9.62 Å². The van der Waals surface area contributed by atoms with Gasteiger partial charge in [-0.3, -0.25) is 13.9 Å². The maximum atomic E-state index is 13.9. The first-order valence-electron chi connectivity index (χ1n) is 11.7. The van der Waals surface area contributed by atoms with Crippen LogP contribution in [-0.4, -0.2) is 50.5 Å². The zero-order chi connectivity index (χ0) is 27.0. The predicted molar refractivity (Wildman–Crippen MR) is 151 cm³/mol. The van der Waals surface area contributed by atoms with Gasteiger partial charge in [-0.1, -0.05) is 76.1 Å². The van der Waals surface area contributed by atoms with Gasteiger partial charge < -0.3 is 10.2 Å². The SMILES string of the molecule is CCNC(=O)[C@@H](Cc1ccccc1)N(Cc1ccccc1Cl)C(=O)CN(c1ccc(Br)cc1)S(C)(=O)=O. The summed E-state index contributed by atoms with van der Waals surface area (Å²) in [5, 5.41) is 3.27. The number of amides is 2. The summed E-state index contributed by atoms with van der Waals surface area (Å²) in [5.41, 5.74) is 1.85. The molecule has 37 heavy (non-hydrogen) atoms. The number of nitrogens with zero attached hydrogens (tertiary/aromatic N) is 2. The lowest BCUT2D eigenvalue weighted by atomic mass is 10.0. The third kappa shape index (κ3) is 8.05. The molecule has 0 radical (unpaired) electrons. The number of hydrogen-bond donors (Lipinski definition) is 1. The van der Waals surface area contributed by atoms with Gasteiger partial charge in [-0.15, -0.1) is 0 Å². The summed E-state index contributed by atoms with van der Waals surface area (Å²) in [6.07, 6.45) is 1.30. The molecule has 0 saturated heterocycles. The van der Waals surface area contributed by atoms with E-state index < -0.39 is 28.5 Å². The molecule has 0 aliphatic rings. The fourth-order valence-electron chi connectivity index (χ4n) is 3.88. The maximum Gasteiger partial charge on any atom is 0.244 e. The summed E-state index contributed by atoms with van der Waals surface area (Å²) in [7, 11) is -3.81. The Kier molecular flexibility index (Phi) is 10.1. The number of carbonyl (C=O) groups is 2. The van der Waals surface area contributed by atoms with E-state index in [9.17, 15) is 18.0 Å². The number of carbonyl (C=O) groups excluding carboxylic acids is 2. The summed E-state index contributed by atoms with van der Waals surface area (Å²) >= 11 is 9.76. The molecule has 1 atom stereocenters. The van der Waals surface area contributed by atoms with E-state index in [1.165, 1.54) is 4.90 Å². The van der Waals surface area contributed by atoms with Crippen LogP contribution in [0.2, 0.25) is 5.02 Å². The lowest BCUT2D eigenvalue weighted by molar-refractivity contribution is -0.140. The molecule has 3 aromatic rings. The Morgan fingerprint density at radius 2 is 1.59 bits per heavy atom. The Balaban J connectivity index is 2.04. The van der Waals surface area contributed by atoms with Crippen LogP contribution in [0, 0.1) is 0 Å². The van der Waals surface area contributed by atoms with Gasteiger partial charge in [-0.25, -0.2) is 8.42 Å². The second-order valence-corrected chi connectivity index (χ2v) is 11.7. The van der Waals surface area contributed by atoms with Crippen molar-refractivity contribution in [3.8, 4) is 0 Å². The minimum absolute atomic E-state index is 0.0328. The minimum atomic E-state index is -3.81. The highest BCUT2D eigenvalue weighted by Crippen LogP contribution is 2.24. The van der Waals surface area contributed by atoms with Gasteiger partial charge in [-0.05, 0) is 48.4 Å².